The van der Waals surface area contributed by atoms with Gasteiger partial charge in [0.1, 0.15) is 5.75 Å². The number of aryl methyl sites for hydroxylation is 1. The molecule has 0 saturated heterocycles. The maximum absolute atomic E-state index is 6.12. The van der Waals surface area contributed by atoms with Crippen LogP contribution in [0.15, 0.2) is 78.9 Å². The summed E-state index contributed by atoms with van der Waals surface area (Å²) in [5, 5.41) is 1.07. The molecule has 0 spiro atoms. The third-order valence-electron chi connectivity index (χ3n) is 5.03. The van der Waals surface area contributed by atoms with Crippen molar-refractivity contribution in [2.24, 2.45) is 0 Å². The summed E-state index contributed by atoms with van der Waals surface area (Å²) in [7, 11) is 0. The first-order chi connectivity index (χ1) is 14.8. The number of unbranched alkanes of at least 4 members (excludes halogenated alkanes) is 2. The van der Waals surface area contributed by atoms with Crippen molar-refractivity contribution in [1.82, 2.24) is 0 Å². The average Bonchev–Trinajstić information content (AvgIpc) is 2.79. The van der Waals surface area contributed by atoms with Gasteiger partial charge in [0.05, 0.1) is 6.61 Å². The molecule has 3 aromatic carbocycles. The Kier molecular flexibility index (Phi) is 9.97. The molecule has 0 aliphatic rings. The van der Waals surface area contributed by atoms with E-state index in [9.17, 15) is 0 Å². The summed E-state index contributed by atoms with van der Waals surface area (Å²) < 4.78 is 7.38. The number of benzene rings is 3. The summed E-state index contributed by atoms with van der Waals surface area (Å²) in [6, 6.07) is 27.9. The molecule has 1 nitrogen and oxygen atoms in total. The van der Waals surface area contributed by atoms with Crippen molar-refractivity contribution >= 4 is 50.2 Å². The van der Waals surface area contributed by atoms with Gasteiger partial charge in [0, 0.05) is 8.90 Å². The van der Waals surface area contributed by atoms with E-state index in [0.717, 1.165) is 36.9 Å². The second-order valence-electron chi connectivity index (χ2n) is 7.29. The Balaban J connectivity index is 1.72. The Morgan fingerprint density at radius 1 is 0.833 bits per heavy atom. The third-order valence-corrected chi connectivity index (χ3v) is 6.31. The lowest BCUT2D eigenvalue weighted by Gasteiger charge is -2.13. The highest BCUT2D eigenvalue weighted by Gasteiger charge is 2.07. The SMILES string of the molecule is BrCCCCCOc1ccccc1CC/C(=C/c1ccc(I)cc1)c1ccccc1. The van der Waals surface area contributed by atoms with Gasteiger partial charge in [-0.1, -0.05) is 82.7 Å². The molecule has 0 atom stereocenters. The van der Waals surface area contributed by atoms with Gasteiger partial charge < -0.3 is 4.74 Å². The first-order valence-electron chi connectivity index (χ1n) is 10.5. The largest absolute Gasteiger partial charge is 0.493 e. The summed E-state index contributed by atoms with van der Waals surface area (Å²) in [6.45, 7) is 0.786. The topological polar surface area (TPSA) is 9.23 Å². The van der Waals surface area contributed by atoms with Gasteiger partial charge in [-0.15, -0.1) is 0 Å². The van der Waals surface area contributed by atoms with Crippen LogP contribution in [0.4, 0.5) is 0 Å². The monoisotopic (exact) mass is 574 g/mol. The fourth-order valence-electron chi connectivity index (χ4n) is 3.39. The second kappa shape index (κ2) is 13.0. The van der Waals surface area contributed by atoms with Crippen LogP contribution in [0.5, 0.6) is 5.75 Å². The molecule has 0 aromatic heterocycles. The van der Waals surface area contributed by atoms with Crippen molar-refractivity contribution in [2.45, 2.75) is 32.1 Å². The Hall–Kier alpha value is -1.59. The van der Waals surface area contributed by atoms with Crippen molar-refractivity contribution < 1.29 is 4.74 Å². The zero-order chi connectivity index (χ0) is 21.0. The molecule has 0 radical (unpaired) electrons. The Labute approximate surface area is 202 Å². The number of rotatable bonds is 11. The number of halogens is 2. The minimum atomic E-state index is 0.786. The maximum Gasteiger partial charge on any atom is 0.122 e. The molecule has 0 N–H and O–H groups in total. The molecule has 0 fully saturated rings. The van der Waals surface area contributed by atoms with Gasteiger partial charge in [0.25, 0.3) is 0 Å². The van der Waals surface area contributed by atoms with Crippen LogP contribution >= 0.6 is 38.5 Å². The van der Waals surface area contributed by atoms with Gasteiger partial charge >= 0.3 is 0 Å². The van der Waals surface area contributed by atoms with E-state index in [1.165, 1.54) is 38.7 Å². The van der Waals surface area contributed by atoms with Gasteiger partial charge in [0.2, 0.25) is 0 Å². The van der Waals surface area contributed by atoms with Gasteiger partial charge in [-0.3, -0.25) is 0 Å². The van der Waals surface area contributed by atoms with Crippen LogP contribution in [0, 0.1) is 3.57 Å². The fourth-order valence-corrected chi connectivity index (χ4v) is 4.14. The minimum Gasteiger partial charge on any atom is -0.493 e. The molecule has 0 saturated carbocycles. The molecule has 3 rings (SSSR count). The quantitative estimate of drug-likeness (QED) is 0.0966. The van der Waals surface area contributed by atoms with E-state index in [-0.39, 0.29) is 0 Å². The van der Waals surface area contributed by atoms with Crippen molar-refractivity contribution in [1.29, 1.82) is 0 Å². The van der Waals surface area contributed by atoms with Gasteiger partial charge in [-0.05, 0) is 95.2 Å². The van der Waals surface area contributed by atoms with Crippen molar-refractivity contribution in [3.8, 4) is 5.75 Å². The first kappa shape index (κ1) is 23.1. The number of para-hydroxylation sites is 1. The number of hydrogen-bond acceptors (Lipinski definition) is 1. The minimum absolute atomic E-state index is 0.786. The van der Waals surface area contributed by atoms with Gasteiger partial charge in [0.15, 0.2) is 0 Å². The number of alkyl halides is 1. The lowest BCUT2D eigenvalue weighted by atomic mass is 9.96. The summed E-state index contributed by atoms with van der Waals surface area (Å²) in [5.74, 6) is 1.03. The zero-order valence-corrected chi connectivity index (χ0v) is 20.9. The van der Waals surface area contributed by atoms with Crippen molar-refractivity contribution in [3.63, 3.8) is 0 Å². The van der Waals surface area contributed by atoms with Crippen molar-refractivity contribution in [3.05, 3.63) is 99.1 Å². The molecular formula is C27H28BrIO. The fraction of sp³-hybridized carbons (Fsp3) is 0.259. The van der Waals surface area contributed by atoms with Crippen LogP contribution in [0.25, 0.3) is 11.6 Å². The molecule has 0 aliphatic heterocycles. The van der Waals surface area contributed by atoms with E-state index >= 15 is 0 Å². The van der Waals surface area contributed by atoms with Crippen LogP contribution in [-0.4, -0.2) is 11.9 Å². The van der Waals surface area contributed by atoms with E-state index in [0.29, 0.717) is 0 Å². The standard InChI is InChI=1S/C27H28BrIO/c28-19-7-2-8-20-30-27-12-6-5-11-24(27)15-16-25(23-9-3-1-4-10-23)21-22-13-17-26(29)18-14-22/h1,3-6,9-14,17-18,21H,2,7-8,15-16,19-20H2/b25-21-. The number of allylic oxidation sites excluding steroid dienone is 1. The highest BCUT2D eigenvalue weighted by Crippen LogP contribution is 2.27. The van der Waals surface area contributed by atoms with Gasteiger partial charge in [-0.25, -0.2) is 0 Å². The third kappa shape index (κ3) is 7.59. The highest BCUT2D eigenvalue weighted by molar-refractivity contribution is 14.1. The first-order valence-corrected chi connectivity index (χ1v) is 12.7. The maximum atomic E-state index is 6.12. The Bertz CT molecular complexity index is 919. The molecule has 0 aliphatic carbocycles. The number of hydrogen-bond donors (Lipinski definition) is 0. The molecule has 0 amide bonds. The van der Waals surface area contributed by atoms with Gasteiger partial charge in [-0.2, -0.15) is 0 Å². The van der Waals surface area contributed by atoms with Crippen LogP contribution in [-0.2, 0) is 6.42 Å². The predicted molar refractivity (Wildman–Crippen MR) is 141 cm³/mol. The lowest BCUT2D eigenvalue weighted by Crippen LogP contribution is -2.01. The van der Waals surface area contributed by atoms with Crippen LogP contribution in [0.2, 0.25) is 0 Å². The normalized spacial score (nSPS) is 11.5. The summed E-state index contributed by atoms with van der Waals surface area (Å²) in [6.07, 6.45) is 7.75. The van der Waals surface area contributed by atoms with Crippen LogP contribution in [0.1, 0.15) is 42.4 Å². The average molecular weight is 575 g/mol. The molecule has 0 heterocycles. The Morgan fingerprint density at radius 2 is 1.57 bits per heavy atom. The molecule has 3 heteroatoms. The highest BCUT2D eigenvalue weighted by atomic mass is 127. The van der Waals surface area contributed by atoms with Crippen LogP contribution in [0.3, 0.4) is 0 Å². The zero-order valence-electron chi connectivity index (χ0n) is 17.2. The smallest absolute Gasteiger partial charge is 0.122 e. The second-order valence-corrected chi connectivity index (χ2v) is 9.33. The van der Waals surface area contributed by atoms with Crippen LogP contribution < -0.4 is 4.74 Å². The lowest BCUT2D eigenvalue weighted by molar-refractivity contribution is 0.303. The molecule has 156 valence electrons. The molecular weight excluding hydrogens is 547 g/mol. The van der Waals surface area contributed by atoms with E-state index < -0.39 is 0 Å². The summed E-state index contributed by atoms with van der Waals surface area (Å²) in [5.41, 5.74) is 5.15. The van der Waals surface area contributed by atoms with E-state index in [1.54, 1.807) is 0 Å². The number of ether oxygens (including phenoxy) is 1. The molecule has 0 bridgehead atoms. The Morgan fingerprint density at radius 3 is 2.33 bits per heavy atom. The van der Waals surface area contributed by atoms with E-state index in [4.69, 9.17) is 4.74 Å². The summed E-state index contributed by atoms with van der Waals surface area (Å²) >= 11 is 5.84. The van der Waals surface area contributed by atoms with Crippen molar-refractivity contribution in [2.75, 3.05) is 11.9 Å². The van der Waals surface area contributed by atoms with E-state index in [1.807, 2.05) is 0 Å². The summed E-state index contributed by atoms with van der Waals surface area (Å²) in [4.78, 5) is 0. The molecule has 3 aromatic rings. The van der Waals surface area contributed by atoms with E-state index in [2.05, 4.69) is 123 Å². The molecule has 30 heavy (non-hydrogen) atoms. The predicted octanol–water partition coefficient (Wildman–Crippen LogP) is 8.41. The molecule has 0 unspecified atom stereocenters.